The van der Waals surface area contributed by atoms with Crippen molar-refractivity contribution in [3.63, 3.8) is 0 Å². The molecule has 4 heteroatoms. The van der Waals surface area contributed by atoms with E-state index in [2.05, 4.69) is 34.1 Å². The maximum Gasteiger partial charge on any atom is 0.118 e. The quantitative estimate of drug-likeness (QED) is 0.644. The van der Waals surface area contributed by atoms with E-state index in [1.165, 1.54) is 10.4 Å². The SMILES string of the molecule is COc1ccc(CC(CBr)Cc2ccc(Cl)s2)cc1. The summed E-state index contributed by atoms with van der Waals surface area (Å²) in [7, 11) is 1.69. The van der Waals surface area contributed by atoms with Crippen molar-refractivity contribution in [2.45, 2.75) is 12.8 Å². The molecular formula is C15H16BrClOS. The van der Waals surface area contributed by atoms with E-state index in [9.17, 15) is 0 Å². The van der Waals surface area contributed by atoms with Gasteiger partial charge in [-0.1, -0.05) is 39.7 Å². The Morgan fingerprint density at radius 3 is 2.42 bits per heavy atom. The fourth-order valence-corrected chi connectivity index (χ4v) is 3.68. The van der Waals surface area contributed by atoms with Gasteiger partial charge in [-0.05, 0) is 48.6 Å². The van der Waals surface area contributed by atoms with Crippen molar-refractivity contribution >= 4 is 38.9 Å². The Balaban J connectivity index is 1.97. The largest absolute Gasteiger partial charge is 0.497 e. The van der Waals surface area contributed by atoms with Crippen LogP contribution in [0.1, 0.15) is 10.4 Å². The predicted molar refractivity (Wildman–Crippen MR) is 87.0 cm³/mol. The summed E-state index contributed by atoms with van der Waals surface area (Å²) >= 11 is 11.3. The Morgan fingerprint density at radius 2 is 1.89 bits per heavy atom. The molecule has 1 aromatic heterocycles. The molecule has 0 aliphatic heterocycles. The summed E-state index contributed by atoms with van der Waals surface area (Å²) in [6.45, 7) is 0. The summed E-state index contributed by atoms with van der Waals surface area (Å²) in [5.74, 6) is 1.49. The van der Waals surface area contributed by atoms with Gasteiger partial charge in [-0.3, -0.25) is 0 Å². The summed E-state index contributed by atoms with van der Waals surface area (Å²) in [4.78, 5) is 1.35. The first-order chi connectivity index (χ1) is 9.21. The van der Waals surface area contributed by atoms with E-state index in [1.807, 2.05) is 18.2 Å². The number of benzene rings is 1. The highest BCUT2D eigenvalue weighted by Crippen LogP contribution is 2.26. The Bertz CT molecular complexity index is 509. The van der Waals surface area contributed by atoms with Gasteiger partial charge in [0.15, 0.2) is 0 Å². The minimum atomic E-state index is 0.586. The highest BCUT2D eigenvalue weighted by atomic mass is 79.9. The van der Waals surface area contributed by atoms with Crippen LogP contribution in [-0.2, 0) is 12.8 Å². The molecule has 2 aromatic rings. The number of rotatable bonds is 6. The van der Waals surface area contributed by atoms with Gasteiger partial charge in [-0.2, -0.15) is 0 Å². The van der Waals surface area contributed by atoms with Gasteiger partial charge in [-0.15, -0.1) is 11.3 Å². The van der Waals surface area contributed by atoms with Gasteiger partial charge in [0.2, 0.25) is 0 Å². The first kappa shape index (κ1) is 14.9. The third kappa shape index (κ3) is 4.51. The van der Waals surface area contributed by atoms with Gasteiger partial charge < -0.3 is 4.74 Å². The zero-order chi connectivity index (χ0) is 13.7. The second kappa shape index (κ2) is 7.32. The Kier molecular flexibility index (Phi) is 5.74. The fourth-order valence-electron chi connectivity index (χ4n) is 2.02. The van der Waals surface area contributed by atoms with Crippen LogP contribution in [0.4, 0.5) is 0 Å². The standard InChI is InChI=1S/C15H16BrClOS/c1-18-13-4-2-11(3-5-13)8-12(10-16)9-14-6-7-15(17)19-14/h2-7,12H,8-10H2,1H3. The molecule has 0 N–H and O–H groups in total. The normalized spacial score (nSPS) is 12.4. The van der Waals surface area contributed by atoms with Crippen LogP contribution in [0.2, 0.25) is 4.34 Å². The van der Waals surface area contributed by atoms with E-state index in [4.69, 9.17) is 16.3 Å². The summed E-state index contributed by atoms with van der Waals surface area (Å²) < 4.78 is 6.04. The second-order valence-electron chi connectivity index (χ2n) is 4.48. The Labute approximate surface area is 131 Å². The Hall–Kier alpha value is -0.510. The number of halogens is 2. The van der Waals surface area contributed by atoms with Gasteiger partial charge in [0.25, 0.3) is 0 Å². The van der Waals surface area contributed by atoms with Crippen LogP contribution in [0, 0.1) is 5.92 Å². The van der Waals surface area contributed by atoms with Crippen molar-refractivity contribution in [2.75, 3.05) is 12.4 Å². The summed E-state index contributed by atoms with van der Waals surface area (Å²) in [5.41, 5.74) is 1.34. The molecule has 0 bridgehead atoms. The maximum atomic E-state index is 5.97. The highest BCUT2D eigenvalue weighted by Gasteiger charge is 2.11. The number of hydrogen-bond acceptors (Lipinski definition) is 2. The molecule has 0 spiro atoms. The molecule has 1 unspecified atom stereocenters. The van der Waals surface area contributed by atoms with Crippen molar-refractivity contribution in [3.8, 4) is 5.75 Å². The number of hydrogen-bond donors (Lipinski definition) is 0. The van der Waals surface area contributed by atoms with E-state index in [-0.39, 0.29) is 0 Å². The van der Waals surface area contributed by atoms with Crippen LogP contribution in [0.5, 0.6) is 5.75 Å². The molecular weight excluding hydrogens is 344 g/mol. The topological polar surface area (TPSA) is 9.23 Å². The molecule has 1 atom stereocenters. The lowest BCUT2D eigenvalue weighted by Crippen LogP contribution is -2.09. The van der Waals surface area contributed by atoms with Gasteiger partial charge in [0.1, 0.15) is 5.75 Å². The number of alkyl halides is 1. The number of methoxy groups -OCH3 is 1. The lowest BCUT2D eigenvalue weighted by Gasteiger charge is -2.13. The summed E-state index contributed by atoms with van der Waals surface area (Å²) in [6, 6.07) is 12.4. The monoisotopic (exact) mass is 358 g/mol. The van der Waals surface area contributed by atoms with Crippen LogP contribution in [0.3, 0.4) is 0 Å². The lowest BCUT2D eigenvalue weighted by atomic mass is 9.97. The number of thiophene rings is 1. The molecule has 19 heavy (non-hydrogen) atoms. The van der Waals surface area contributed by atoms with Crippen molar-refractivity contribution in [1.82, 2.24) is 0 Å². The minimum absolute atomic E-state index is 0.586. The summed E-state index contributed by atoms with van der Waals surface area (Å²) in [6.07, 6.45) is 2.12. The van der Waals surface area contributed by atoms with Crippen LogP contribution in [0.15, 0.2) is 36.4 Å². The van der Waals surface area contributed by atoms with Crippen molar-refractivity contribution in [2.24, 2.45) is 5.92 Å². The van der Waals surface area contributed by atoms with Gasteiger partial charge in [0.05, 0.1) is 11.4 Å². The maximum absolute atomic E-state index is 5.97. The average Bonchev–Trinajstić information content (AvgIpc) is 2.84. The van der Waals surface area contributed by atoms with E-state index < -0.39 is 0 Å². The molecule has 0 fully saturated rings. The smallest absolute Gasteiger partial charge is 0.118 e. The molecule has 2 rings (SSSR count). The molecule has 0 aliphatic carbocycles. The van der Waals surface area contributed by atoms with Gasteiger partial charge >= 0.3 is 0 Å². The molecule has 0 amide bonds. The first-order valence-corrected chi connectivity index (χ1v) is 8.46. The second-order valence-corrected chi connectivity index (χ2v) is 6.93. The third-order valence-corrected chi connectivity index (χ3v) is 5.19. The fraction of sp³-hybridized carbons (Fsp3) is 0.333. The van der Waals surface area contributed by atoms with Crippen molar-refractivity contribution < 1.29 is 4.74 Å². The zero-order valence-electron chi connectivity index (χ0n) is 10.7. The third-order valence-electron chi connectivity index (χ3n) is 3.02. The first-order valence-electron chi connectivity index (χ1n) is 6.14. The van der Waals surface area contributed by atoms with Crippen molar-refractivity contribution in [1.29, 1.82) is 0 Å². The van der Waals surface area contributed by atoms with Gasteiger partial charge in [-0.25, -0.2) is 0 Å². The van der Waals surface area contributed by atoms with E-state index in [1.54, 1.807) is 18.4 Å². The molecule has 102 valence electrons. The lowest BCUT2D eigenvalue weighted by molar-refractivity contribution is 0.414. The van der Waals surface area contributed by atoms with Crippen LogP contribution < -0.4 is 4.74 Å². The minimum Gasteiger partial charge on any atom is -0.497 e. The summed E-state index contributed by atoms with van der Waals surface area (Å²) in [5, 5.41) is 0.995. The van der Waals surface area contributed by atoms with Crippen LogP contribution >= 0.6 is 38.9 Å². The Morgan fingerprint density at radius 1 is 1.16 bits per heavy atom. The number of ether oxygens (including phenoxy) is 1. The molecule has 0 saturated carbocycles. The van der Waals surface area contributed by atoms with E-state index >= 15 is 0 Å². The van der Waals surface area contributed by atoms with Gasteiger partial charge in [0, 0.05) is 10.2 Å². The van der Waals surface area contributed by atoms with E-state index in [0.717, 1.165) is 28.3 Å². The molecule has 0 aliphatic rings. The predicted octanol–water partition coefficient (Wildman–Crippen LogP) is 5.21. The zero-order valence-corrected chi connectivity index (χ0v) is 13.9. The highest BCUT2D eigenvalue weighted by molar-refractivity contribution is 9.09. The van der Waals surface area contributed by atoms with Crippen LogP contribution in [-0.4, -0.2) is 12.4 Å². The average molecular weight is 360 g/mol. The molecule has 0 radical (unpaired) electrons. The van der Waals surface area contributed by atoms with Crippen LogP contribution in [0.25, 0.3) is 0 Å². The molecule has 1 heterocycles. The molecule has 1 aromatic carbocycles. The molecule has 1 nitrogen and oxygen atoms in total. The molecule has 0 saturated heterocycles. The van der Waals surface area contributed by atoms with E-state index in [0.29, 0.717) is 5.92 Å². The van der Waals surface area contributed by atoms with Crippen molar-refractivity contribution in [3.05, 3.63) is 51.2 Å².